The molecule has 90 valence electrons. The summed E-state index contributed by atoms with van der Waals surface area (Å²) in [6.45, 7) is 1.52. The van der Waals surface area contributed by atoms with Gasteiger partial charge < -0.3 is 4.74 Å². The predicted octanol–water partition coefficient (Wildman–Crippen LogP) is 2.78. The Hall–Kier alpha value is -1.64. The largest absolute Gasteiger partial charge is 0.483 e. The van der Waals surface area contributed by atoms with E-state index < -0.39 is 0 Å². The van der Waals surface area contributed by atoms with Gasteiger partial charge in [-0.1, -0.05) is 12.1 Å². The molecule has 3 nitrogen and oxygen atoms in total. The van der Waals surface area contributed by atoms with Gasteiger partial charge in [-0.15, -0.1) is 0 Å². The summed E-state index contributed by atoms with van der Waals surface area (Å²) >= 11 is 0. The van der Waals surface area contributed by atoms with Gasteiger partial charge in [-0.3, -0.25) is 9.59 Å². The third kappa shape index (κ3) is 2.93. The molecule has 0 amide bonds. The Labute approximate surface area is 101 Å². The average Bonchev–Trinajstić information content (AvgIpc) is 2.32. The molecule has 1 aromatic carbocycles. The first-order chi connectivity index (χ1) is 8.16. The number of rotatable bonds is 3. The highest BCUT2D eigenvalue weighted by Gasteiger charge is 2.23. The smallest absolute Gasteiger partial charge is 0.173 e. The second kappa shape index (κ2) is 5.13. The van der Waals surface area contributed by atoms with E-state index in [1.54, 1.807) is 24.3 Å². The minimum atomic E-state index is -0.328. The van der Waals surface area contributed by atoms with Gasteiger partial charge in [-0.05, 0) is 38.3 Å². The minimum Gasteiger partial charge on any atom is -0.483 e. The van der Waals surface area contributed by atoms with E-state index >= 15 is 0 Å². The summed E-state index contributed by atoms with van der Waals surface area (Å²) in [5.41, 5.74) is 0.616. The van der Waals surface area contributed by atoms with Gasteiger partial charge in [0.05, 0.1) is 0 Å². The Kier molecular flexibility index (Phi) is 3.57. The Morgan fingerprint density at radius 1 is 1.35 bits per heavy atom. The van der Waals surface area contributed by atoms with Crippen LogP contribution in [0.25, 0.3) is 0 Å². The second-order valence-corrected chi connectivity index (χ2v) is 4.40. The molecule has 2 rings (SSSR count). The van der Waals surface area contributed by atoms with Crippen LogP contribution in [0.4, 0.5) is 0 Å². The zero-order chi connectivity index (χ0) is 12.3. The van der Waals surface area contributed by atoms with Crippen molar-refractivity contribution in [2.24, 2.45) is 0 Å². The number of hydrogen-bond donors (Lipinski definition) is 0. The highest BCUT2D eigenvalue weighted by atomic mass is 16.5. The van der Waals surface area contributed by atoms with Gasteiger partial charge in [-0.25, -0.2) is 0 Å². The molecule has 0 bridgehead atoms. The Morgan fingerprint density at radius 3 is 2.88 bits per heavy atom. The third-order valence-electron chi connectivity index (χ3n) is 3.02. The van der Waals surface area contributed by atoms with Crippen LogP contribution >= 0.6 is 0 Å². The Balaban J connectivity index is 2.09. The molecule has 1 atom stereocenters. The highest BCUT2D eigenvalue weighted by molar-refractivity contribution is 5.94. The van der Waals surface area contributed by atoms with Crippen molar-refractivity contribution in [1.29, 1.82) is 0 Å². The maximum atomic E-state index is 11.6. The molecular weight excluding hydrogens is 216 g/mol. The molecule has 0 spiro atoms. The highest BCUT2D eigenvalue weighted by Crippen LogP contribution is 2.22. The molecule has 0 saturated heterocycles. The molecule has 1 aliphatic carbocycles. The zero-order valence-corrected chi connectivity index (χ0v) is 9.94. The summed E-state index contributed by atoms with van der Waals surface area (Å²) in [4.78, 5) is 22.9. The monoisotopic (exact) mass is 232 g/mol. The topological polar surface area (TPSA) is 43.4 Å². The number of ether oxygens (including phenoxy) is 1. The molecule has 1 fully saturated rings. The zero-order valence-electron chi connectivity index (χ0n) is 9.94. The van der Waals surface area contributed by atoms with Crippen molar-refractivity contribution < 1.29 is 14.3 Å². The molecule has 0 aromatic heterocycles. The van der Waals surface area contributed by atoms with Crippen molar-refractivity contribution in [2.45, 2.75) is 38.7 Å². The molecule has 17 heavy (non-hydrogen) atoms. The van der Waals surface area contributed by atoms with Crippen LogP contribution in [0.15, 0.2) is 24.3 Å². The maximum absolute atomic E-state index is 11.6. The normalized spacial score (nSPS) is 20.1. The van der Waals surface area contributed by atoms with Crippen molar-refractivity contribution in [2.75, 3.05) is 0 Å². The Bertz CT molecular complexity index is 437. The molecule has 1 aromatic rings. The van der Waals surface area contributed by atoms with Crippen LogP contribution < -0.4 is 4.74 Å². The molecule has 1 saturated carbocycles. The van der Waals surface area contributed by atoms with Crippen LogP contribution in [-0.2, 0) is 4.79 Å². The predicted molar refractivity (Wildman–Crippen MR) is 64.3 cm³/mol. The molecule has 3 heteroatoms. The van der Waals surface area contributed by atoms with E-state index in [4.69, 9.17) is 4.74 Å². The number of hydrogen-bond acceptors (Lipinski definition) is 3. The summed E-state index contributed by atoms with van der Waals surface area (Å²) in [7, 11) is 0. The Morgan fingerprint density at radius 2 is 2.18 bits per heavy atom. The fourth-order valence-electron chi connectivity index (χ4n) is 2.03. The van der Waals surface area contributed by atoms with Crippen molar-refractivity contribution in [1.82, 2.24) is 0 Å². The van der Waals surface area contributed by atoms with Crippen molar-refractivity contribution in [3.63, 3.8) is 0 Å². The van der Waals surface area contributed by atoms with Gasteiger partial charge >= 0.3 is 0 Å². The van der Waals surface area contributed by atoms with Gasteiger partial charge in [0.15, 0.2) is 17.7 Å². The van der Waals surface area contributed by atoms with Crippen molar-refractivity contribution in [3.8, 4) is 5.75 Å². The van der Waals surface area contributed by atoms with Crippen LogP contribution in [0.5, 0.6) is 5.75 Å². The van der Waals surface area contributed by atoms with Crippen LogP contribution in [0.1, 0.15) is 43.0 Å². The lowest BCUT2D eigenvalue weighted by Crippen LogP contribution is -2.30. The van der Waals surface area contributed by atoms with E-state index in [-0.39, 0.29) is 17.7 Å². The van der Waals surface area contributed by atoms with E-state index in [1.165, 1.54) is 6.92 Å². The lowest BCUT2D eigenvalue weighted by molar-refractivity contribution is -0.127. The summed E-state index contributed by atoms with van der Waals surface area (Å²) in [6, 6.07) is 7.01. The number of benzene rings is 1. The fourth-order valence-corrected chi connectivity index (χ4v) is 2.03. The summed E-state index contributed by atoms with van der Waals surface area (Å²) in [5.74, 6) is 0.785. The lowest BCUT2D eigenvalue weighted by atomic mass is 9.96. The molecule has 0 radical (unpaired) electrons. The summed E-state index contributed by atoms with van der Waals surface area (Å²) in [6.07, 6.45) is 3.06. The van der Waals surface area contributed by atoms with Gasteiger partial charge in [0.25, 0.3) is 0 Å². The van der Waals surface area contributed by atoms with Crippen LogP contribution in [0.3, 0.4) is 0 Å². The van der Waals surface area contributed by atoms with Crippen molar-refractivity contribution in [3.05, 3.63) is 29.8 Å². The van der Waals surface area contributed by atoms with E-state index in [9.17, 15) is 9.59 Å². The van der Waals surface area contributed by atoms with Crippen LogP contribution in [-0.4, -0.2) is 17.7 Å². The van der Waals surface area contributed by atoms with Gasteiger partial charge in [0, 0.05) is 12.0 Å². The van der Waals surface area contributed by atoms with E-state index in [0.717, 1.165) is 19.3 Å². The molecule has 1 aliphatic rings. The second-order valence-electron chi connectivity index (χ2n) is 4.40. The maximum Gasteiger partial charge on any atom is 0.173 e. The summed E-state index contributed by atoms with van der Waals surface area (Å²) < 4.78 is 5.66. The van der Waals surface area contributed by atoms with Crippen LogP contribution in [0.2, 0.25) is 0 Å². The molecule has 0 heterocycles. The van der Waals surface area contributed by atoms with Gasteiger partial charge in [0.1, 0.15) is 5.75 Å². The van der Waals surface area contributed by atoms with Crippen LogP contribution in [0, 0.1) is 0 Å². The number of Topliss-reactive ketones (excluding diaryl/α,β-unsaturated/α-hetero) is 2. The lowest BCUT2D eigenvalue weighted by Gasteiger charge is -2.21. The fraction of sp³-hybridized carbons (Fsp3) is 0.429. The average molecular weight is 232 g/mol. The number of carbonyl (C=O) groups excluding carboxylic acids is 2. The first-order valence-electron chi connectivity index (χ1n) is 5.97. The third-order valence-corrected chi connectivity index (χ3v) is 3.02. The van der Waals surface area contributed by atoms with Gasteiger partial charge in [0.2, 0.25) is 0 Å². The molecule has 0 aliphatic heterocycles. The molecule has 0 N–H and O–H groups in total. The standard InChI is InChI=1S/C14H16O3/c1-10(15)11-5-4-6-12(9-11)17-14-8-3-2-7-13(14)16/h4-6,9,14H,2-3,7-8H2,1H3. The number of carbonyl (C=O) groups is 2. The minimum absolute atomic E-state index is 0.00502. The van der Waals surface area contributed by atoms with E-state index in [2.05, 4.69) is 0 Å². The first-order valence-corrected chi connectivity index (χ1v) is 5.97. The molecule has 1 unspecified atom stereocenters. The summed E-state index contributed by atoms with van der Waals surface area (Å²) in [5, 5.41) is 0. The van der Waals surface area contributed by atoms with E-state index in [0.29, 0.717) is 17.7 Å². The SMILES string of the molecule is CC(=O)c1cccc(OC2CCCCC2=O)c1. The number of ketones is 2. The molecular formula is C14H16O3. The van der Waals surface area contributed by atoms with Crippen molar-refractivity contribution >= 4 is 11.6 Å². The van der Waals surface area contributed by atoms with Gasteiger partial charge in [-0.2, -0.15) is 0 Å². The van der Waals surface area contributed by atoms with E-state index in [1.807, 2.05) is 0 Å². The first kappa shape index (κ1) is 11.8. The quantitative estimate of drug-likeness (QED) is 0.752.